The summed E-state index contributed by atoms with van der Waals surface area (Å²) in [5, 5.41) is 0. The van der Waals surface area contributed by atoms with E-state index in [4.69, 9.17) is 4.98 Å². The maximum Gasteiger partial charge on any atom is 0.165 e. The number of rotatable bonds is 3. The highest BCUT2D eigenvalue weighted by atomic mass is 15.2. The number of nitrogens with zero attached hydrogens (tertiary/aromatic N) is 5. The van der Waals surface area contributed by atoms with Crippen LogP contribution in [0, 0.1) is 0 Å². The van der Waals surface area contributed by atoms with E-state index in [9.17, 15) is 0 Å². The third kappa shape index (κ3) is 2.61. The fourth-order valence-electron chi connectivity index (χ4n) is 3.42. The van der Waals surface area contributed by atoms with Crippen molar-refractivity contribution in [3.8, 4) is 5.82 Å². The molecule has 0 spiro atoms. The number of hydrogen-bond donors (Lipinski definition) is 0. The Kier molecular flexibility index (Phi) is 3.79. The molecule has 5 heteroatoms. The van der Waals surface area contributed by atoms with Crippen LogP contribution in [-0.2, 0) is 0 Å². The van der Waals surface area contributed by atoms with Gasteiger partial charge in [-0.05, 0) is 56.7 Å². The smallest absolute Gasteiger partial charge is 0.165 e. The summed E-state index contributed by atoms with van der Waals surface area (Å²) in [6, 6.07) is 9.96. The van der Waals surface area contributed by atoms with Crippen LogP contribution in [0.2, 0.25) is 0 Å². The first-order valence-corrected chi connectivity index (χ1v) is 8.34. The van der Waals surface area contributed by atoms with Gasteiger partial charge < -0.3 is 4.90 Å². The molecule has 0 saturated carbocycles. The normalized spacial score (nSPS) is 16.9. The fraction of sp³-hybridized carbons (Fsp3) is 0.389. The summed E-state index contributed by atoms with van der Waals surface area (Å²) < 4.78 is 2.14. The molecule has 0 radical (unpaired) electrons. The number of imidazole rings is 1. The van der Waals surface area contributed by atoms with Crippen LogP contribution >= 0.6 is 0 Å². The molecule has 3 aromatic heterocycles. The molecule has 0 amide bonds. The average Bonchev–Trinajstić information content (AvgIpc) is 3.02. The second kappa shape index (κ2) is 6.08. The molecule has 3 aromatic rings. The molecule has 0 unspecified atom stereocenters. The minimum Gasteiger partial charge on any atom is -0.304 e. The van der Waals surface area contributed by atoms with Gasteiger partial charge in [0.1, 0.15) is 17.2 Å². The first-order chi connectivity index (χ1) is 11.4. The molecule has 5 nitrogen and oxygen atoms in total. The van der Waals surface area contributed by atoms with E-state index < -0.39 is 0 Å². The molecule has 118 valence electrons. The van der Waals surface area contributed by atoms with E-state index >= 15 is 0 Å². The predicted molar refractivity (Wildman–Crippen MR) is 90.7 cm³/mol. The van der Waals surface area contributed by atoms with E-state index in [0.29, 0.717) is 5.92 Å². The largest absolute Gasteiger partial charge is 0.304 e. The molecule has 0 aliphatic carbocycles. The lowest BCUT2D eigenvalue weighted by Gasteiger charge is -2.30. The van der Waals surface area contributed by atoms with E-state index in [1.807, 2.05) is 42.7 Å². The molecule has 1 fully saturated rings. The summed E-state index contributed by atoms with van der Waals surface area (Å²) in [7, 11) is 0. The van der Waals surface area contributed by atoms with Gasteiger partial charge in [0.05, 0.1) is 0 Å². The number of fused-ring (bicyclic) bond motifs is 1. The van der Waals surface area contributed by atoms with Crippen LogP contribution in [0.5, 0.6) is 0 Å². The van der Waals surface area contributed by atoms with Crippen LogP contribution in [0.1, 0.15) is 31.5 Å². The summed E-state index contributed by atoms with van der Waals surface area (Å²) in [6.45, 7) is 5.64. The lowest BCUT2D eigenvalue weighted by Crippen LogP contribution is -2.33. The Morgan fingerprint density at radius 3 is 2.61 bits per heavy atom. The van der Waals surface area contributed by atoms with Gasteiger partial charge in [0.15, 0.2) is 5.65 Å². The third-order valence-electron chi connectivity index (χ3n) is 4.72. The highest BCUT2D eigenvalue weighted by Crippen LogP contribution is 2.31. The van der Waals surface area contributed by atoms with Crippen LogP contribution in [0.15, 0.2) is 42.7 Å². The molecule has 4 heterocycles. The number of likely N-dealkylation sites (tertiary alicyclic amines) is 1. The number of piperidine rings is 1. The molecule has 0 N–H and O–H groups in total. The van der Waals surface area contributed by atoms with Gasteiger partial charge >= 0.3 is 0 Å². The van der Waals surface area contributed by atoms with Gasteiger partial charge in [-0.25, -0.2) is 15.0 Å². The van der Waals surface area contributed by atoms with Crippen LogP contribution in [0.4, 0.5) is 0 Å². The zero-order valence-electron chi connectivity index (χ0n) is 13.4. The number of hydrogen-bond acceptors (Lipinski definition) is 4. The lowest BCUT2D eigenvalue weighted by molar-refractivity contribution is 0.218. The molecule has 1 aliphatic heterocycles. The molecular weight excluding hydrogens is 286 g/mol. The Morgan fingerprint density at radius 2 is 1.87 bits per heavy atom. The van der Waals surface area contributed by atoms with Crippen molar-refractivity contribution in [1.29, 1.82) is 0 Å². The Bertz CT molecular complexity index is 788. The zero-order chi connectivity index (χ0) is 15.6. The van der Waals surface area contributed by atoms with Crippen molar-refractivity contribution in [2.24, 2.45) is 0 Å². The Labute approximate surface area is 136 Å². The maximum absolute atomic E-state index is 4.91. The summed E-state index contributed by atoms with van der Waals surface area (Å²) in [4.78, 5) is 16.5. The predicted octanol–water partition coefficient (Wildman–Crippen LogP) is 3.01. The van der Waals surface area contributed by atoms with Gasteiger partial charge in [0.25, 0.3) is 0 Å². The molecular formula is C18H21N5. The minimum atomic E-state index is 0.467. The summed E-state index contributed by atoms with van der Waals surface area (Å²) >= 11 is 0. The van der Waals surface area contributed by atoms with Crippen molar-refractivity contribution in [1.82, 2.24) is 24.4 Å². The molecule has 0 atom stereocenters. The molecule has 0 aromatic carbocycles. The van der Waals surface area contributed by atoms with Gasteiger partial charge in [-0.1, -0.05) is 13.0 Å². The fourth-order valence-corrected chi connectivity index (χ4v) is 3.42. The minimum absolute atomic E-state index is 0.467. The van der Waals surface area contributed by atoms with Crippen molar-refractivity contribution in [3.05, 3.63) is 48.5 Å². The van der Waals surface area contributed by atoms with Crippen LogP contribution in [0.3, 0.4) is 0 Å². The molecule has 0 bridgehead atoms. The average molecular weight is 307 g/mol. The quantitative estimate of drug-likeness (QED) is 0.746. The third-order valence-corrected chi connectivity index (χ3v) is 4.72. The highest BCUT2D eigenvalue weighted by molar-refractivity contribution is 5.73. The van der Waals surface area contributed by atoms with E-state index in [0.717, 1.165) is 55.3 Å². The van der Waals surface area contributed by atoms with E-state index in [2.05, 4.69) is 26.4 Å². The second-order valence-corrected chi connectivity index (χ2v) is 6.05. The van der Waals surface area contributed by atoms with Gasteiger partial charge in [0, 0.05) is 18.3 Å². The van der Waals surface area contributed by atoms with Gasteiger partial charge in [0.2, 0.25) is 0 Å². The number of aromatic nitrogens is 4. The Morgan fingerprint density at radius 1 is 1.04 bits per heavy atom. The molecule has 4 rings (SSSR count). The first kappa shape index (κ1) is 14.3. The van der Waals surface area contributed by atoms with Gasteiger partial charge in [-0.2, -0.15) is 0 Å². The van der Waals surface area contributed by atoms with Crippen LogP contribution < -0.4 is 0 Å². The maximum atomic E-state index is 4.91. The van der Waals surface area contributed by atoms with Crippen molar-refractivity contribution in [3.63, 3.8) is 0 Å². The van der Waals surface area contributed by atoms with Gasteiger partial charge in [-0.3, -0.25) is 4.57 Å². The second-order valence-electron chi connectivity index (χ2n) is 6.05. The van der Waals surface area contributed by atoms with E-state index in [1.54, 1.807) is 0 Å². The van der Waals surface area contributed by atoms with Crippen molar-refractivity contribution in [2.45, 2.75) is 25.7 Å². The monoisotopic (exact) mass is 307 g/mol. The standard InChI is InChI=1S/C18H21N5/c1-2-22-12-8-14(9-13-22)17-21-15-6-5-11-20-18(15)23(17)16-7-3-4-10-19-16/h3-7,10-11,14H,2,8-9,12-13H2,1H3. The topological polar surface area (TPSA) is 46.8 Å². The zero-order valence-corrected chi connectivity index (χ0v) is 13.4. The summed E-state index contributed by atoms with van der Waals surface area (Å²) in [5.74, 6) is 2.48. The van der Waals surface area contributed by atoms with Crippen molar-refractivity contribution in [2.75, 3.05) is 19.6 Å². The lowest BCUT2D eigenvalue weighted by atomic mass is 9.96. The van der Waals surface area contributed by atoms with E-state index in [-0.39, 0.29) is 0 Å². The van der Waals surface area contributed by atoms with Crippen LogP contribution in [-0.4, -0.2) is 44.1 Å². The van der Waals surface area contributed by atoms with Gasteiger partial charge in [-0.15, -0.1) is 0 Å². The Hall–Kier alpha value is -2.27. The summed E-state index contributed by atoms with van der Waals surface area (Å²) in [6.07, 6.45) is 5.94. The molecule has 1 saturated heterocycles. The highest BCUT2D eigenvalue weighted by Gasteiger charge is 2.26. The SMILES string of the molecule is CCN1CCC(c2nc3cccnc3n2-c2ccccn2)CC1. The Balaban J connectivity index is 1.80. The molecule has 23 heavy (non-hydrogen) atoms. The molecule has 1 aliphatic rings. The van der Waals surface area contributed by atoms with Crippen molar-refractivity contribution < 1.29 is 0 Å². The summed E-state index contributed by atoms with van der Waals surface area (Å²) in [5.41, 5.74) is 1.85. The number of pyridine rings is 2. The van der Waals surface area contributed by atoms with Crippen molar-refractivity contribution >= 4 is 11.2 Å². The first-order valence-electron chi connectivity index (χ1n) is 8.34. The van der Waals surface area contributed by atoms with E-state index in [1.165, 1.54) is 0 Å². The van der Waals surface area contributed by atoms with Crippen LogP contribution in [0.25, 0.3) is 17.0 Å².